The third-order valence-electron chi connectivity index (χ3n) is 4.48. The molecular weight excluding hydrogens is 459 g/mol. The van der Waals surface area contributed by atoms with Crippen LogP contribution in [0.1, 0.15) is 10.4 Å². The van der Waals surface area contributed by atoms with E-state index in [4.69, 9.17) is 9.47 Å². The van der Waals surface area contributed by atoms with E-state index in [-0.39, 0.29) is 12.5 Å². The van der Waals surface area contributed by atoms with Crippen molar-refractivity contribution in [2.45, 2.75) is 0 Å². The van der Waals surface area contributed by atoms with Gasteiger partial charge in [0.05, 0.1) is 18.4 Å². The van der Waals surface area contributed by atoms with E-state index in [0.717, 1.165) is 15.0 Å². The first kappa shape index (κ1) is 19.5. The number of carbonyl (C=O) groups excluding carboxylic acids is 2. The molecule has 0 radical (unpaired) electrons. The third kappa shape index (κ3) is 4.71. The number of esters is 1. The molecule has 6 nitrogen and oxygen atoms in total. The van der Waals surface area contributed by atoms with Crippen LogP contribution in [0.15, 0.2) is 48.5 Å². The standard InChI is InChI=1S/C20H21IN2O4/c1-26-18-9-5-4-8-17(18)22-10-12-23(13-11-22)19(24)14-27-20(25)15-6-2-3-7-16(15)21/h2-9H,10-14H2,1H3. The number of benzene rings is 2. The lowest BCUT2D eigenvalue weighted by molar-refractivity contribution is -0.134. The molecule has 2 aromatic rings. The van der Waals surface area contributed by atoms with Crippen molar-refractivity contribution in [2.75, 3.05) is 44.8 Å². The minimum atomic E-state index is -0.471. The van der Waals surface area contributed by atoms with Crippen molar-refractivity contribution in [3.8, 4) is 5.75 Å². The summed E-state index contributed by atoms with van der Waals surface area (Å²) in [5, 5.41) is 0. The van der Waals surface area contributed by atoms with Crippen molar-refractivity contribution in [3.63, 3.8) is 0 Å². The van der Waals surface area contributed by atoms with Gasteiger partial charge in [-0.25, -0.2) is 4.79 Å². The number of ether oxygens (including phenoxy) is 2. The summed E-state index contributed by atoms with van der Waals surface area (Å²) in [6, 6.07) is 15.0. The number of piperazine rings is 1. The summed E-state index contributed by atoms with van der Waals surface area (Å²) in [7, 11) is 1.65. The molecule has 1 fully saturated rings. The van der Waals surface area contributed by atoms with E-state index in [2.05, 4.69) is 27.5 Å². The number of hydrogen-bond donors (Lipinski definition) is 0. The maximum Gasteiger partial charge on any atom is 0.339 e. The van der Waals surface area contributed by atoms with Crippen LogP contribution in [-0.2, 0) is 9.53 Å². The molecule has 0 aliphatic carbocycles. The highest BCUT2D eigenvalue weighted by molar-refractivity contribution is 14.1. The molecule has 0 aromatic heterocycles. The van der Waals surface area contributed by atoms with Gasteiger partial charge in [-0.3, -0.25) is 4.79 Å². The van der Waals surface area contributed by atoms with Crippen molar-refractivity contribution in [2.24, 2.45) is 0 Å². The summed E-state index contributed by atoms with van der Waals surface area (Å²) in [4.78, 5) is 28.5. The number of nitrogens with zero attached hydrogens (tertiary/aromatic N) is 2. The van der Waals surface area contributed by atoms with Gasteiger partial charge >= 0.3 is 5.97 Å². The van der Waals surface area contributed by atoms with Crippen LogP contribution in [0.25, 0.3) is 0 Å². The molecule has 1 amide bonds. The highest BCUT2D eigenvalue weighted by Gasteiger charge is 2.24. The molecule has 0 atom stereocenters. The van der Waals surface area contributed by atoms with E-state index in [1.807, 2.05) is 36.4 Å². The van der Waals surface area contributed by atoms with E-state index in [9.17, 15) is 9.59 Å². The summed E-state index contributed by atoms with van der Waals surface area (Å²) in [6.07, 6.45) is 0. The maximum atomic E-state index is 12.4. The van der Waals surface area contributed by atoms with Gasteiger partial charge < -0.3 is 19.3 Å². The van der Waals surface area contributed by atoms with Crippen molar-refractivity contribution < 1.29 is 19.1 Å². The second-order valence-corrected chi connectivity index (χ2v) is 7.26. The average molecular weight is 480 g/mol. The molecule has 0 saturated carbocycles. The van der Waals surface area contributed by atoms with Gasteiger partial charge in [0.25, 0.3) is 5.91 Å². The molecule has 1 saturated heterocycles. The number of para-hydroxylation sites is 2. The van der Waals surface area contributed by atoms with Gasteiger partial charge in [0.15, 0.2) is 6.61 Å². The Balaban J connectivity index is 1.51. The zero-order chi connectivity index (χ0) is 19.2. The summed E-state index contributed by atoms with van der Waals surface area (Å²) < 4.78 is 11.4. The van der Waals surface area contributed by atoms with Crippen LogP contribution in [0.5, 0.6) is 5.75 Å². The van der Waals surface area contributed by atoms with Crippen molar-refractivity contribution >= 4 is 40.2 Å². The fourth-order valence-corrected chi connectivity index (χ4v) is 3.62. The molecule has 1 aliphatic heterocycles. The monoisotopic (exact) mass is 480 g/mol. The highest BCUT2D eigenvalue weighted by Crippen LogP contribution is 2.28. The van der Waals surface area contributed by atoms with Crippen molar-refractivity contribution in [1.29, 1.82) is 0 Å². The van der Waals surface area contributed by atoms with Gasteiger partial charge in [0.2, 0.25) is 0 Å². The van der Waals surface area contributed by atoms with Crippen LogP contribution in [0.2, 0.25) is 0 Å². The van der Waals surface area contributed by atoms with Crippen LogP contribution < -0.4 is 9.64 Å². The van der Waals surface area contributed by atoms with E-state index in [1.54, 1.807) is 24.1 Å². The van der Waals surface area contributed by atoms with E-state index >= 15 is 0 Å². The number of rotatable bonds is 5. The number of amides is 1. The number of carbonyl (C=O) groups is 2. The maximum absolute atomic E-state index is 12.4. The summed E-state index contributed by atoms with van der Waals surface area (Å²) in [5.41, 5.74) is 1.50. The summed E-state index contributed by atoms with van der Waals surface area (Å²) in [5.74, 6) is 0.179. The number of hydrogen-bond acceptors (Lipinski definition) is 5. The van der Waals surface area contributed by atoms with Crippen LogP contribution in [-0.4, -0.2) is 56.7 Å². The quantitative estimate of drug-likeness (QED) is 0.487. The van der Waals surface area contributed by atoms with E-state index < -0.39 is 5.97 Å². The first-order chi connectivity index (χ1) is 13.1. The van der Waals surface area contributed by atoms with E-state index in [0.29, 0.717) is 31.7 Å². The zero-order valence-electron chi connectivity index (χ0n) is 15.1. The lowest BCUT2D eigenvalue weighted by atomic mass is 10.2. The van der Waals surface area contributed by atoms with Gasteiger partial charge in [0, 0.05) is 29.7 Å². The second-order valence-electron chi connectivity index (χ2n) is 6.10. The molecule has 3 rings (SSSR count). The fourth-order valence-electron chi connectivity index (χ4n) is 3.01. The Bertz CT molecular complexity index is 819. The van der Waals surface area contributed by atoms with Gasteiger partial charge in [0.1, 0.15) is 5.75 Å². The zero-order valence-corrected chi connectivity index (χ0v) is 17.2. The first-order valence-corrected chi connectivity index (χ1v) is 9.75. The molecule has 0 N–H and O–H groups in total. The first-order valence-electron chi connectivity index (χ1n) is 8.67. The normalized spacial score (nSPS) is 14.0. The molecule has 0 spiro atoms. The molecule has 0 bridgehead atoms. The Morgan fingerprint density at radius 1 is 1.00 bits per heavy atom. The number of halogens is 1. The molecule has 142 valence electrons. The molecule has 0 unspecified atom stereocenters. The molecule has 27 heavy (non-hydrogen) atoms. The topological polar surface area (TPSA) is 59.1 Å². The van der Waals surface area contributed by atoms with Crippen LogP contribution >= 0.6 is 22.6 Å². The predicted molar refractivity (Wildman–Crippen MR) is 111 cm³/mol. The molecular formula is C20H21IN2O4. The Hall–Kier alpha value is -2.29. The molecule has 2 aromatic carbocycles. The minimum Gasteiger partial charge on any atom is -0.495 e. The van der Waals surface area contributed by atoms with Gasteiger partial charge in [-0.05, 0) is 46.9 Å². The molecule has 1 heterocycles. The SMILES string of the molecule is COc1ccccc1N1CCN(C(=O)COC(=O)c2ccccc2I)CC1. The van der Waals surface area contributed by atoms with Crippen LogP contribution in [0, 0.1) is 3.57 Å². The lowest BCUT2D eigenvalue weighted by Gasteiger charge is -2.36. The van der Waals surface area contributed by atoms with Crippen LogP contribution in [0.3, 0.4) is 0 Å². The average Bonchev–Trinajstić information content (AvgIpc) is 2.72. The van der Waals surface area contributed by atoms with E-state index in [1.165, 1.54) is 0 Å². The Morgan fingerprint density at radius 2 is 1.67 bits per heavy atom. The molecule has 1 aliphatic rings. The second kappa shape index (κ2) is 9.07. The Morgan fingerprint density at radius 3 is 2.37 bits per heavy atom. The van der Waals surface area contributed by atoms with Gasteiger partial charge in [-0.2, -0.15) is 0 Å². The predicted octanol–water partition coefficient (Wildman–Crippen LogP) is 2.81. The highest BCUT2D eigenvalue weighted by atomic mass is 127. The Labute approximate surface area is 172 Å². The van der Waals surface area contributed by atoms with Gasteiger partial charge in [-0.15, -0.1) is 0 Å². The number of methoxy groups -OCH3 is 1. The smallest absolute Gasteiger partial charge is 0.339 e. The Kier molecular flexibility index (Phi) is 6.54. The van der Waals surface area contributed by atoms with Crippen molar-refractivity contribution in [3.05, 3.63) is 57.7 Å². The summed E-state index contributed by atoms with van der Waals surface area (Å²) >= 11 is 2.08. The van der Waals surface area contributed by atoms with Gasteiger partial charge in [-0.1, -0.05) is 24.3 Å². The number of anilines is 1. The minimum absolute atomic E-state index is 0.172. The lowest BCUT2D eigenvalue weighted by Crippen LogP contribution is -2.50. The van der Waals surface area contributed by atoms with Crippen molar-refractivity contribution in [1.82, 2.24) is 4.90 Å². The molecule has 7 heteroatoms. The summed E-state index contributed by atoms with van der Waals surface area (Å²) in [6.45, 7) is 2.33. The third-order valence-corrected chi connectivity index (χ3v) is 5.42. The van der Waals surface area contributed by atoms with Crippen LogP contribution in [0.4, 0.5) is 5.69 Å². The largest absolute Gasteiger partial charge is 0.495 e. The fraction of sp³-hybridized carbons (Fsp3) is 0.300.